The Morgan fingerprint density at radius 1 is 1.11 bits per heavy atom. The summed E-state index contributed by atoms with van der Waals surface area (Å²) in [6.07, 6.45) is 0. The molecule has 2 aliphatic heterocycles. The molecule has 7 nitrogen and oxygen atoms in total. The van der Waals surface area contributed by atoms with Crippen LogP contribution in [0.4, 0.5) is 5.69 Å². The number of amides is 1. The normalized spacial score (nSPS) is 17.3. The first-order valence-corrected chi connectivity index (χ1v) is 12.1. The third-order valence-electron chi connectivity index (χ3n) is 6.24. The molecule has 2 heterocycles. The van der Waals surface area contributed by atoms with Gasteiger partial charge >= 0.3 is 0 Å². The van der Waals surface area contributed by atoms with Crippen LogP contribution in [0.1, 0.15) is 24.1 Å². The first-order chi connectivity index (χ1) is 17.5. The molecule has 0 fully saturated rings. The van der Waals surface area contributed by atoms with E-state index in [-0.39, 0.29) is 11.7 Å². The number of hydrogen-bond donors (Lipinski definition) is 2. The molecule has 184 valence electrons. The molecule has 0 spiro atoms. The van der Waals surface area contributed by atoms with Gasteiger partial charge in [-0.1, -0.05) is 29.8 Å². The van der Waals surface area contributed by atoms with E-state index in [4.69, 9.17) is 26.1 Å². The number of carbonyl (C=O) groups is 1. The fraction of sp³-hybridized carbons (Fsp3) is 0.214. The van der Waals surface area contributed by atoms with Gasteiger partial charge < -0.3 is 19.9 Å². The van der Waals surface area contributed by atoms with Crippen molar-refractivity contribution in [1.82, 2.24) is 5.32 Å². The summed E-state index contributed by atoms with van der Waals surface area (Å²) in [5, 5.41) is 14.2. The summed E-state index contributed by atoms with van der Waals surface area (Å²) in [6.45, 7) is 3.53. The van der Waals surface area contributed by atoms with Crippen molar-refractivity contribution < 1.29 is 19.4 Å². The Morgan fingerprint density at radius 3 is 2.56 bits per heavy atom. The number of nitrogens with zero attached hydrogens (tertiary/aromatic N) is 2. The first-order valence-electron chi connectivity index (χ1n) is 11.7. The van der Waals surface area contributed by atoms with Crippen LogP contribution in [0.25, 0.3) is 0 Å². The number of nitrogens with one attached hydrogen (secondary N) is 1. The molecule has 5 rings (SSSR count). The lowest BCUT2D eigenvalue weighted by Crippen LogP contribution is -2.33. The van der Waals surface area contributed by atoms with Crippen LogP contribution < -0.4 is 19.7 Å². The highest BCUT2D eigenvalue weighted by Crippen LogP contribution is 2.44. The smallest absolute Gasteiger partial charge is 0.275 e. The van der Waals surface area contributed by atoms with Crippen molar-refractivity contribution in [3.05, 3.63) is 94.1 Å². The molecule has 0 bridgehead atoms. The lowest BCUT2D eigenvalue weighted by atomic mass is 9.91. The summed E-state index contributed by atoms with van der Waals surface area (Å²) >= 11 is 6.15. The van der Waals surface area contributed by atoms with Gasteiger partial charge in [-0.25, -0.2) is 0 Å². The van der Waals surface area contributed by atoms with Gasteiger partial charge in [0, 0.05) is 28.4 Å². The van der Waals surface area contributed by atoms with Crippen LogP contribution in [-0.4, -0.2) is 43.5 Å². The molecular weight excluding hydrogens is 478 g/mol. The second kappa shape index (κ2) is 9.95. The van der Waals surface area contributed by atoms with E-state index in [1.54, 1.807) is 23.1 Å². The van der Waals surface area contributed by atoms with Crippen molar-refractivity contribution in [2.24, 2.45) is 4.99 Å². The van der Waals surface area contributed by atoms with Gasteiger partial charge in [-0.2, -0.15) is 0 Å². The molecule has 0 radical (unpaired) electrons. The van der Waals surface area contributed by atoms with Crippen molar-refractivity contribution >= 4 is 28.9 Å². The first kappa shape index (κ1) is 23.8. The zero-order valence-corrected chi connectivity index (χ0v) is 20.7. The lowest BCUT2D eigenvalue weighted by molar-refractivity contribution is -0.115. The number of aromatic hydroxyl groups is 1. The molecule has 0 saturated carbocycles. The minimum Gasteiger partial charge on any atom is -0.504 e. The Labute approximate surface area is 214 Å². The number of benzene rings is 3. The van der Waals surface area contributed by atoms with Crippen molar-refractivity contribution in [2.75, 3.05) is 31.7 Å². The lowest BCUT2D eigenvalue weighted by Gasteiger charge is -2.29. The third-order valence-corrected chi connectivity index (χ3v) is 6.49. The highest BCUT2D eigenvalue weighted by molar-refractivity contribution is 6.31. The standard InChI is InChI=1S/C28H26ClN3O4/c1-3-36-21-11-9-20(10-12-21)32-27(18-6-13-22(33)23(16-18)35-2)24-25(17-4-7-19(29)8-5-17)30-14-15-31-26(24)28(32)34/h4-13,16,27,31,33H,3,14-15H2,1-2H3/t27-/m1/s1. The van der Waals surface area contributed by atoms with E-state index < -0.39 is 6.04 Å². The predicted molar refractivity (Wildman–Crippen MR) is 140 cm³/mol. The van der Waals surface area contributed by atoms with E-state index in [0.29, 0.717) is 41.9 Å². The Kier molecular flexibility index (Phi) is 6.57. The van der Waals surface area contributed by atoms with Crippen molar-refractivity contribution in [3.8, 4) is 17.2 Å². The highest BCUT2D eigenvalue weighted by atomic mass is 35.5. The number of carbonyl (C=O) groups excluding carboxylic acids is 1. The Hall–Kier alpha value is -3.97. The Morgan fingerprint density at radius 2 is 1.86 bits per heavy atom. The second-order valence-corrected chi connectivity index (χ2v) is 8.82. The number of ether oxygens (including phenoxy) is 2. The van der Waals surface area contributed by atoms with E-state index in [1.807, 2.05) is 55.5 Å². The summed E-state index contributed by atoms with van der Waals surface area (Å²) in [4.78, 5) is 20.6. The molecule has 8 heteroatoms. The summed E-state index contributed by atoms with van der Waals surface area (Å²) in [6, 6.07) is 19.5. The molecule has 2 N–H and O–H groups in total. The number of methoxy groups -OCH3 is 1. The van der Waals surface area contributed by atoms with Gasteiger partial charge in [0.1, 0.15) is 11.4 Å². The van der Waals surface area contributed by atoms with E-state index in [1.165, 1.54) is 7.11 Å². The number of rotatable bonds is 6. The quantitative estimate of drug-likeness (QED) is 0.500. The van der Waals surface area contributed by atoms with Gasteiger partial charge in [0.2, 0.25) is 0 Å². The number of hydrogen-bond acceptors (Lipinski definition) is 6. The van der Waals surface area contributed by atoms with Crippen molar-refractivity contribution in [3.63, 3.8) is 0 Å². The molecule has 0 aromatic heterocycles. The molecular formula is C28H26ClN3O4. The van der Waals surface area contributed by atoms with Crippen LogP contribution >= 0.6 is 11.6 Å². The maximum atomic E-state index is 14.0. The van der Waals surface area contributed by atoms with Crippen LogP contribution in [0.3, 0.4) is 0 Å². The fourth-order valence-electron chi connectivity index (χ4n) is 4.64. The topological polar surface area (TPSA) is 83.4 Å². The second-order valence-electron chi connectivity index (χ2n) is 8.39. The molecule has 2 aliphatic rings. The molecule has 3 aromatic carbocycles. The molecule has 36 heavy (non-hydrogen) atoms. The summed E-state index contributed by atoms with van der Waals surface area (Å²) in [7, 11) is 1.50. The molecule has 1 amide bonds. The molecule has 1 atom stereocenters. The molecule has 3 aromatic rings. The predicted octanol–water partition coefficient (Wildman–Crippen LogP) is 4.89. The van der Waals surface area contributed by atoms with Gasteiger partial charge in [-0.3, -0.25) is 14.7 Å². The largest absolute Gasteiger partial charge is 0.504 e. The summed E-state index contributed by atoms with van der Waals surface area (Å²) in [5.74, 6) is 0.923. The SMILES string of the molecule is CCOc1ccc(N2C(=O)C3=C(C(c4ccc(Cl)cc4)=NCCN3)[C@H]2c2ccc(O)c(OC)c2)cc1. The number of phenols is 1. The van der Waals surface area contributed by atoms with Crippen LogP contribution in [0, 0.1) is 0 Å². The zero-order valence-electron chi connectivity index (χ0n) is 20.0. The number of anilines is 1. The summed E-state index contributed by atoms with van der Waals surface area (Å²) < 4.78 is 11.0. The van der Waals surface area contributed by atoms with Gasteiger partial charge in [-0.15, -0.1) is 0 Å². The highest BCUT2D eigenvalue weighted by Gasteiger charge is 2.44. The van der Waals surface area contributed by atoms with Crippen LogP contribution in [0.15, 0.2) is 83.0 Å². The Bertz CT molecular complexity index is 1350. The fourth-order valence-corrected chi connectivity index (χ4v) is 4.77. The van der Waals surface area contributed by atoms with Gasteiger partial charge in [0.25, 0.3) is 5.91 Å². The van der Waals surface area contributed by atoms with E-state index in [9.17, 15) is 9.90 Å². The van der Waals surface area contributed by atoms with Crippen LogP contribution in [0.5, 0.6) is 17.2 Å². The Balaban J connectivity index is 1.69. The summed E-state index contributed by atoms with van der Waals surface area (Å²) in [5.41, 5.74) is 4.36. The van der Waals surface area contributed by atoms with Gasteiger partial charge in [0.05, 0.1) is 32.0 Å². The van der Waals surface area contributed by atoms with Crippen molar-refractivity contribution in [2.45, 2.75) is 13.0 Å². The average molecular weight is 504 g/mol. The number of halogens is 1. The third kappa shape index (κ3) is 4.27. The van der Waals surface area contributed by atoms with Gasteiger partial charge in [0.15, 0.2) is 11.5 Å². The number of aliphatic imine (C=N–C) groups is 1. The van der Waals surface area contributed by atoms with Crippen LogP contribution in [0.2, 0.25) is 5.02 Å². The van der Waals surface area contributed by atoms with Gasteiger partial charge in [-0.05, 0) is 61.0 Å². The zero-order chi connectivity index (χ0) is 25.2. The molecule has 0 unspecified atom stereocenters. The minimum absolute atomic E-state index is 0.0259. The maximum absolute atomic E-state index is 14.0. The van der Waals surface area contributed by atoms with Crippen molar-refractivity contribution in [1.29, 1.82) is 0 Å². The monoisotopic (exact) mass is 503 g/mol. The average Bonchev–Trinajstić information content (AvgIpc) is 3.03. The number of phenolic OH excluding ortho intramolecular Hbond substituents is 1. The van der Waals surface area contributed by atoms with E-state index >= 15 is 0 Å². The van der Waals surface area contributed by atoms with Crippen LogP contribution in [-0.2, 0) is 4.79 Å². The molecule has 0 aliphatic carbocycles. The maximum Gasteiger partial charge on any atom is 0.275 e. The molecule has 0 saturated heterocycles. The van der Waals surface area contributed by atoms with E-state index in [2.05, 4.69) is 5.32 Å². The van der Waals surface area contributed by atoms with E-state index in [0.717, 1.165) is 28.2 Å². The minimum atomic E-state index is -0.514.